The third-order valence-corrected chi connectivity index (χ3v) is 4.35. The van der Waals surface area contributed by atoms with Crippen molar-refractivity contribution in [1.29, 1.82) is 0 Å². The van der Waals surface area contributed by atoms with Gasteiger partial charge in [-0.1, -0.05) is 35.9 Å². The Morgan fingerprint density at radius 1 is 1.18 bits per heavy atom. The molecule has 1 aromatic rings. The fraction of sp³-hybridized carbons (Fsp3) is 0.294. The molecule has 0 saturated carbocycles. The Hall–Kier alpha value is -1.91. The monoisotopic (exact) mass is 316 g/mol. The van der Waals surface area contributed by atoms with Crippen LogP contribution in [0.4, 0.5) is 5.69 Å². The molecule has 2 aliphatic rings. The average molecular weight is 317 g/mol. The maximum Gasteiger partial charge on any atom is 0.269 e. The smallest absolute Gasteiger partial charge is 0.269 e. The van der Waals surface area contributed by atoms with Gasteiger partial charge in [0.1, 0.15) is 0 Å². The van der Waals surface area contributed by atoms with Gasteiger partial charge >= 0.3 is 0 Å². The molecule has 0 unspecified atom stereocenters. The lowest BCUT2D eigenvalue weighted by Gasteiger charge is -2.19. The lowest BCUT2D eigenvalue weighted by atomic mass is 9.96. The predicted octanol–water partition coefficient (Wildman–Crippen LogP) is 4.18. The number of hydrogen-bond donors (Lipinski definition) is 0. The van der Waals surface area contributed by atoms with Crippen molar-refractivity contribution in [2.75, 3.05) is 13.1 Å². The van der Waals surface area contributed by atoms with Crippen molar-refractivity contribution < 1.29 is 4.92 Å². The minimum absolute atomic E-state index is 0.138. The molecule has 5 heteroatoms. The van der Waals surface area contributed by atoms with E-state index < -0.39 is 0 Å². The zero-order chi connectivity index (χ0) is 15.5. The van der Waals surface area contributed by atoms with Crippen LogP contribution in [0.3, 0.4) is 0 Å². The van der Waals surface area contributed by atoms with Gasteiger partial charge in [-0.15, -0.1) is 0 Å². The van der Waals surface area contributed by atoms with Crippen LogP contribution >= 0.6 is 11.6 Å². The van der Waals surface area contributed by atoms with E-state index in [2.05, 4.69) is 17.1 Å². The summed E-state index contributed by atoms with van der Waals surface area (Å²) < 4.78 is 0. The fourth-order valence-corrected chi connectivity index (χ4v) is 3.05. The van der Waals surface area contributed by atoms with E-state index in [1.54, 1.807) is 12.1 Å². The molecule has 0 saturated heterocycles. The molecule has 0 radical (unpaired) electrons. The summed E-state index contributed by atoms with van der Waals surface area (Å²) in [6.45, 7) is 2.67. The highest BCUT2D eigenvalue weighted by atomic mass is 35.5. The molecule has 0 N–H and O–H groups in total. The normalized spacial score (nSPS) is 18.7. The lowest BCUT2D eigenvalue weighted by molar-refractivity contribution is -0.384. The van der Waals surface area contributed by atoms with Gasteiger partial charge in [0.25, 0.3) is 5.69 Å². The summed E-state index contributed by atoms with van der Waals surface area (Å²) in [4.78, 5) is 12.7. The number of hydrogen-bond acceptors (Lipinski definition) is 3. The topological polar surface area (TPSA) is 46.4 Å². The number of halogens is 1. The van der Waals surface area contributed by atoms with Gasteiger partial charge in [-0.2, -0.15) is 0 Å². The number of nitro groups is 1. The summed E-state index contributed by atoms with van der Waals surface area (Å²) in [7, 11) is 0. The summed E-state index contributed by atoms with van der Waals surface area (Å²) in [6.07, 6.45) is 8.28. The first-order chi connectivity index (χ1) is 10.6. The molecular formula is C17H17ClN2O2. The molecule has 1 aromatic carbocycles. The van der Waals surface area contributed by atoms with Gasteiger partial charge in [-0.3, -0.25) is 15.0 Å². The summed E-state index contributed by atoms with van der Waals surface area (Å²) >= 11 is 6.09. The van der Waals surface area contributed by atoms with Gasteiger partial charge in [-0.25, -0.2) is 0 Å². The molecule has 0 aromatic heterocycles. The molecule has 0 spiro atoms. The van der Waals surface area contributed by atoms with Crippen molar-refractivity contribution in [2.45, 2.75) is 19.4 Å². The van der Waals surface area contributed by atoms with E-state index in [4.69, 9.17) is 11.6 Å². The second-order valence-corrected chi connectivity index (χ2v) is 6.04. The van der Waals surface area contributed by atoms with Crippen LogP contribution in [0.15, 0.2) is 58.7 Å². The third-order valence-electron chi connectivity index (χ3n) is 4.09. The van der Waals surface area contributed by atoms with Crippen LogP contribution < -0.4 is 0 Å². The molecule has 0 fully saturated rings. The summed E-state index contributed by atoms with van der Waals surface area (Å²) in [5, 5.41) is 11.5. The van der Waals surface area contributed by atoms with E-state index in [0.29, 0.717) is 0 Å². The van der Waals surface area contributed by atoms with E-state index in [1.807, 2.05) is 18.2 Å². The maximum atomic E-state index is 10.7. The standard InChI is InChI=1S/C17H17ClN2O2/c18-16-4-3-14-7-9-19(10-8-15(14)11-16)12-13-1-5-17(6-2-13)20(21)22/h1-2,4-7,11H,3,8-10,12H2. The van der Waals surface area contributed by atoms with Crippen LogP contribution in [0.5, 0.6) is 0 Å². The van der Waals surface area contributed by atoms with Gasteiger partial charge < -0.3 is 0 Å². The van der Waals surface area contributed by atoms with Crippen LogP contribution in [0.25, 0.3) is 0 Å². The van der Waals surface area contributed by atoms with Crippen LogP contribution in [0, 0.1) is 10.1 Å². The van der Waals surface area contributed by atoms with Crippen LogP contribution in [-0.2, 0) is 6.54 Å². The zero-order valence-corrected chi connectivity index (χ0v) is 12.9. The predicted molar refractivity (Wildman–Crippen MR) is 87.7 cm³/mol. The van der Waals surface area contributed by atoms with Crippen molar-refractivity contribution >= 4 is 17.3 Å². The first kappa shape index (κ1) is 15.0. The molecule has 3 rings (SSSR count). The molecule has 0 atom stereocenters. The van der Waals surface area contributed by atoms with E-state index in [9.17, 15) is 10.1 Å². The fourth-order valence-electron chi connectivity index (χ4n) is 2.84. The van der Waals surface area contributed by atoms with Gasteiger partial charge in [-0.05, 0) is 35.6 Å². The number of non-ortho nitro benzene ring substituents is 1. The first-order valence-corrected chi connectivity index (χ1v) is 7.71. The third kappa shape index (κ3) is 3.46. The Morgan fingerprint density at radius 2 is 1.95 bits per heavy atom. The first-order valence-electron chi connectivity index (χ1n) is 7.33. The van der Waals surface area contributed by atoms with Gasteiger partial charge in [0.2, 0.25) is 0 Å². The minimum atomic E-state index is -0.367. The second kappa shape index (κ2) is 6.46. The van der Waals surface area contributed by atoms with E-state index >= 15 is 0 Å². The lowest BCUT2D eigenvalue weighted by Crippen LogP contribution is -2.23. The van der Waals surface area contributed by atoms with Crippen molar-refractivity contribution in [2.24, 2.45) is 0 Å². The highest BCUT2D eigenvalue weighted by molar-refractivity contribution is 6.31. The summed E-state index contributed by atoms with van der Waals surface area (Å²) in [5.41, 5.74) is 3.94. The largest absolute Gasteiger partial charge is 0.295 e. The van der Waals surface area contributed by atoms with Gasteiger partial charge in [0.05, 0.1) is 4.92 Å². The highest BCUT2D eigenvalue weighted by Gasteiger charge is 2.16. The van der Waals surface area contributed by atoms with Gasteiger partial charge in [0, 0.05) is 36.8 Å². The van der Waals surface area contributed by atoms with E-state index in [-0.39, 0.29) is 10.6 Å². The van der Waals surface area contributed by atoms with Crippen LogP contribution in [-0.4, -0.2) is 22.9 Å². The Balaban J connectivity index is 1.66. The number of benzene rings is 1. The van der Waals surface area contributed by atoms with Gasteiger partial charge in [0.15, 0.2) is 0 Å². The molecular weight excluding hydrogens is 300 g/mol. The Kier molecular flexibility index (Phi) is 4.41. The summed E-state index contributed by atoms with van der Waals surface area (Å²) in [6, 6.07) is 6.80. The number of allylic oxidation sites excluding steroid dienone is 4. The Morgan fingerprint density at radius 3 is 2.68 bits per heavy atom. The molecule has 0 amide bonds. The SMILES string of the molecule is O=[N+]([O-])c1ccc(CN2CC=C3CC=C(Cl)C=C3CC2)cc1. The maximum absolute atomic E-state index is 10.7. The number of nitrogens with zero attached hydrogens (tertiary/aromatic N) is 2. The molecule has 0 bridgehead atoms. The molecule has 22 heavy (non-hydrogen) atoms. The van der Waals surface area contributed by atoms with Crippen molar-refractivity contribution in [3.05, 3.63) is 74.3 Å². The molecule has 114 valence electrons. The summed E-state index contributed by atoms with van der Waals surface area (Å²) in [5.74, 6) is 0. The number of fused-ring (bicyclic) bond motifs is 1. The van der Waals surface area contributed by atoms with Crippen molar-refractivity contribution in [1.82, 2.24) is 4.90 Å². The van der Waals surface area contributed by atoms with Crippen molar-refractivity contribution in [3.63, 3.8) is 0 Å². The Labute approximate surface area is 134 Å². The zero-order valence-electron chi connectivity index (χ0n) is 12.2. The Bertz CT molecular complexity index is 674. The average Bonchev–Trinajstić information content (AvgIpc) is 2.70. The van der Waals surface area contributed by atoms with E-state index in [0.717, 1.165) is 43.1 Å². The second-order valence-electron chi connectivity index (χ2n) is 5.60. The molecule has 1 aliphatic heterocycles. The number of nitro benzene ring substituents is 1. The van der Waals surface area contributed by atoms with Crippen LogP contribution in [0.1, 0.15) is 18.4 Å². The number of rotatable bonds is 3. The quantitative estimate of drug-likeness (QED) is 0.621. The van der Waals surface area contributed by atoms with Crippen LogP contribution in [0.2, 0.25) is 0 Å². The molecule has 4 nitrogen and oxygen atoms in total. The highest BCUT2D eigenvalue weighted by Crippen LogP contribution is 2.29. The van der Waals surface area contributed by atoms with E-state index in [1.165, 1.54) is 11.1 Å². The molecule has 1 aliphatic carbocycles. The van der Waals surface area contributed by atoms with Crippen molar-refractivity contribution in [3.8, 4) is 0 Å². The minimum Gasteiger partial charge on any atom is -0.295 e. The molecule has 1 heterocycles.